The number of nitrogens with two attached hydrogens (primary N) is 1. The van der Waals surface area contributed by atoms with E-state index in [1.807, 2.05) is 24.3 Å². The van der Waals surface area contributed by atoms with Crippen LogP contribution >= 0.6 is 23.6 Å². The molecule has 3 aromatic rings. The lowest BCUT2D eigenvalue weighted by molar-refractivity contribution is 0.607. The predicted molar refractivity (Wildman–Crippen MR) is 110 cm³/mol. The fourth-order valence-corrected chi connectivity index (χ4v) is 4.40. The molecular weight excluding hydrogens is 374 g/mol. The minimum absolute atomic E-state index is 0.236. The first-order chi connectivity index (χ1) is 11.7. The van der Waals surface area contributed by atoms with Crippen molar-refractivity contribution in [2.45, 2.75) is 19.9 Å². The second-order valence-electron chi connectivity index (χ2n) is 6.18. The second-order valence-corrected chi connectivity index (χ2v) is 9.45. The van der Waals surface area contributed by atoms with Gasteiger partial charge in [0.05, 0.1) is 22.3 Å². The van der Waals surface area contributed by atoms with E-state index in [0.717, 1.165) is 32.5 Å². The smallest absolute Gasteiger partial charge is 0.229 e. The third-order valence-corrected chi connectivity index (χ3v) is 5.92. The lowest BCUT2D eigenvalue weighted by atomic mass is 10.1. The predicted octanol–water partition coefficient (Wildman–Crippen LogP) is 3.96. The van der Waals surface area contributed by atoms with Gasteiger partial charge in [0, 0.05) is 28.1 Å². The first-order valence-corrected chi connectivity index (χ1v) is 10.8. The topological polar surface area (TPSA) is 77.1 Å². The summed E-state index contributed by atoms with van der Waals surface area (Å²) in [5.74, 6) is 0. The second kappa shape index (κ2) is 6.44. The number of anilines is 1. The SMILES string of the molecule is CC(C)n1cc(-c2ccc(C(N)=S)s2)c2ccc(NS(C)(=O)=O)cc21. The number of nitrogens with one attached hydrogen (secondary N) is 1. The zero-order chi connectivity index (χ0) is 18.4. The molecular formula is C17H19N3O2S3. The zero-order valence-electron chi connectivity index (χ0n) is 14.1. The van der Waals surface area contributed by atoms with Gasteiger partial charge in [0.1, 0.15) is 4.99 Å². The number of hydrogen-bond acceptors (Lipinski definition) is 4. The van der Waals surface area contributed by atoms with Crippen molar-refractivity contribution in [2.75, 3.05) is 11.0 Å². The Morgan fingerprint density at radius 3 is 2.56 bits per heavy atom. The fraction of sp³-hybridized carbons (Fsp3) is 0.235. The molecule has 3 rings (SSSR count). The highest BCUT2D eigenvalue weighted by molar-refractivity contribution is 7.92. The van der Waals surface area contributed by atoms with Crippen molar-refractivity contribution in [3.05, 3.63) is 41.4 Å². The fourth-order valence-electron chi connectivity index (χ4n) is 2.77. The Morgan fingerprint density at radius 2 is 2.00 bits per heavy atom. The lowest BCUT2D eigenvalue weighted by Crippen LogP contribution is -2.09. The van der Waals surface area contributed by atoms with E-state index in [-0.39, 0.29) is 6.04 Å². The number of rotatable bonds is 5. The number of thiocarbonyl (C=S) groups is 1. The lowest BCUT2D eigenvalue weighted by Gasteiger charge is -2.10. The average Bonchev–Trinajstić information content (AvgIpc) is 3.08. The van der Waals surface area contributed by atoms with Crippen LogP contribution in [0.3, 0.4) is 0 Å². The number of hydrogen-bond donors (Lipinski definition) is 2. The van der Waals surface area contributed by atoms with Crippen LogP contribution in [0, 0.1) is 0 Å². The molecule has 0 saturated carbocycles. The molecule has 0 unspecified atom stereocenters. The molecule has 2 heterocycles. The maximum Gasteiger partial charge on any atom is 0.229 e. The van der Waals surface area contributed by atoms with Gasteiger partial charge in [-0.2, -0.15) is 0 Å². The molecule has 0 fully saturated rings. The summed E-state index contributed by atoms with van der Waals surface area (Å²) >= 11 is 6.61. The van der Waals surface area contributed by atoms with Crippen LogP contribution in [0.2, 0.25) is 0 Å². The van der Waals surface area contributed by atoms with E-state index < -0.39 is 10.0 Å². The van der Waals surface area contributed by atoms with E-state index in [1.54, 1.807) is 17.4 Å². The molecule has 5 nitrogen and oxygen atoms in total. The van der Waals surface area contributed by atoms with Crippen molar-refractivity contribution in [2.24, 2.45) is 5.73 Å². The minimum atomic E-state index is -3.32. The van der Waals surface area contributed by atoms with Crippen LogP contribution in [-0.4, -0.2) is 24.2 Å². The van der Waals surface area contributed by atoms with Gasteiger partial charge >= 0.3 is 0 Å². The standard InChI is InChI=1S/C17H19N3O2S3/c1-10(2)20-9-13(15-6-7-16(24-15)17(18)23)12-5-4-11(8-14(12)20)19-25(3,21)22/h4-10,19H,1-3H3,(H2,18,23). The summed E-state index contributed by atoms with van der Waals surface area (Å²) in [5.41, 5.74) is 8.33. The molecule has 0 aliphatic heterocycles. The van der Waals surface area contributed by atoms with Crippen LogP contribution in [0.15, 0.2) is 36.5 Å². The van der Waals surface area contributed by atoms with E-state index in [9.17, 15) is 8.42 Å². The van der Waals surface area contributed by atoms with Gasteiger partial charge in [-0.05, 0) is 38.1 Å². The molecule has 0 aliphatic carbocycles. The highest BCUT2D eigenvalue weighted by Gasteiger charge is 2.15. The Kier molecular flexibility index (Phi) is 4.61. The highest BCUT2D eigenvalue weighted by Crippen LogP contribution is 2.37. The molecule has 8 heteroatoms. The first kappa shape index (κ1) is 17.9. The molecule has 25 heavy (non-hydrogen) atoms. The van der Waals surface area contributed by atoms with Crippen molar-refractivity contribution in [1.82, 2.24) is 4.57 Å². The molecule has 0 amide bonds. The van der Waals surface area contributed by atoms with Crippen LogP contribution in [0.1, 0.15) is 24.8 Å². The van der Waals surface area contributed by atoms with Crippen LogP contribution < -0.4 is 10.5 Å². The molecule has 0 aliphatic rings. The van der Waals surface area contributed by atoms with Crippen molar-refractivity contribution in [3.63, 3.8) is 0 Å². The number of sulfonamides is 1. The van der Waals surface area contributed by atoms with Gasteiger partial charge in [-0.1, -0.05) is 18.3 Å². The average molecular weight is 394 g/mol. The summed E-state index contributed by atoms with van der Waals surface area (Å²) in [7, 11) is -3.32. The van der Waals surface area contributed by atoms with Gasteiger partial charge in [-0.3, -0.25) is 4.72 Å². The van der Waals surface area contributed by atoms with E-state index in [0.29, 0.717) is 10.7 Å². The number of nitrogens with zero attached hydrogens (tertiary/aromatic N) is 1. The zero-order valence-corrected chi connectivity index (χ0v) is 16.6. The summed E-state index contributed by atoms with van der Waals surface area (Å²) < 4.78 is 27.7. The van der Waals surface area contributed by atoms with Crippen molar-refractivity contribution >= 4 is 55.2 Å². The van der Waals surface area contributed by atoms with Gasteiger partial charge in [-0.15, -0.1) is 11.3 Å². The third-order valence-electron chi connectivity index (χ3n) is 3.81. The molecule has 0 spiro atoms. The van der Waals surface area contributed by atoms with Gasteiger partial charge < -0.3 is 10.3 Å². The van der Waals surface area contributed by atoms with Gasteiger partial charge in [0.15, 0.2) is 0 Å². The van der Waals surface area contributed by atoms with Crippen LogP contribution in [0.25, 0.3) is 21.3 Å². The largest absolute Gasteiger partial charge is 0.389 e. The van der Waals surface area contributed by atoms with Crippen LogP contribution in [-0.2, 0) is 10.0 Å². The monoisotopic (exact) mass is 393 g/mol. The van der Waals surface area contributed by atoms with Gasteiger partial charge in [0.25, 0.3) is 0 Å². The number of benzene rings is 1. The van der Waals surface area contributed by atoms with Crippen molar-refractivity contribution in [1.29, 1.82) is 0 Å². The van der Waals surface area contributed by atoms with E-state index in [4.69, 9.17) is 18.0 Å². The Labute approximate surface area is 156 Å². The summed E-state index contributed by atoms with van der Waals surface area (Å²) in [4.78, 5) is 2.35. The number of thiophene rings is 1. The molecule has 132 valence electrons. The van der Waals surface area contributed by atoms with E-state index >= 15 is 0 Å². The summed E-state index contributed by atoms with van der Waals surface area (Å²) in [6.07, 6.45) is 3.24. The van der Waals surface area contributed by atoms with Crippen LogP contribution in [0.5, 0.6) is 0 Å². The molecule has 3 N–H and O–H groups in total. The number of fused-ring (bicyclic) bond motifs is 1. The highest BCUT2D eigenvalue weighted by atomic mass is 32.2. The van der Waals surface area contributed by atoms with Gasteiger partial charge in [-0.25, -0.2) is 8.42 Å². The van der Waals surface area contributed by atoms with Crippen molar-refractivity contribution in [3.8, 4) is 10.4 Å². The maximum atomic E-state index is 11.5. The summed E-state index contributed by atoms with van der Waals surface area (Å²) in [6.45, 7) is 4.18. The summed E-state index contributed by atoms with van der Waals surface area (Å²) in [5, 5.41) is 1.06. The molecule has 0 saturated heterocycles. The molecule has 0 radical (unpaired) electrons. The van der Waals surface area contributed by atoms with E-state index in [2.05, 4.69) is 29.3 Å². The third kappa shape index (κ3) is 3.70. The molecule has 1 aromatic carbocycles. The van der Waals surface area contributed by atoms with E-state index in [1.165, 1.54) is 0 Å². The normalized spacial score (nSPS) is 12.0. The number of aromatic nitrogens is 1. The maximum absolute atomic E-state index is 11.5. The first-order valence-electron chi connectivity index (χ1n) is 7.68. The molecule has 0 atom stereocenters. The quantitative estimate of drug-likeness (QED) is 0.643. The Bertz CT molecular complexity index is 1060. The Morgan fingerprint density at radius 1 is 1.28 bits per heavy atom. The minimum Gasteiger partial charge on any atom is -0.389 e. The Hall–Kier alpha value is -1.90. The van der Waals surface area contributed by atoms with Crippen molar-refractivity contribution < 1.29 is 8.42 Å². The summed E-state index contributed by atoms with van der Waals surface area (Å²) in [6, 6.07) is 9.76. The molecule has 0 bridgehead atoms. The van der Waals surface area contributed by atoms with Crippen LogP contribution in [0.4, 0.5) is 5.69 Å². The Balaban J connectivity index is 2.18. The molecule has 2 aromatic heterocycles. The van der Waals surface area contributed by atoms with Gasteiger partial charge in [0.2, 0.25) is 10.0 Å².